The summed E-state index contributed by atoms with van der Waals surface area (Å²) in [4.78, 5) is 2.55. The van der Waals surface area contributed by atoms with Gasteiger partial charge in [0.05, 0.1) is 0 Å². The van der Waals surface area contributed by atoms with Gasteiger partial charge in [0.1, 0.15) is 11.6 Å². The number of hydrogen-bond acceptors (Lipinski definition) is 2. The molecule has 3 heteroatoms. The molecule has 24 heavy (non-hydrogen) atoms. The Labute approximate surface area is 142 Å². The maximum Gasteiger partial charge on any atom is 0.123 e. The lowest BCUT2D eigenvalue weighted by Crippen LogP contribution is -2.57. The van der Waals surface area contributed by atoms with Gasteiger partial charge in [-0.05, 0) is 71.7 Å². The van der Waals surface area contributed by atoms with Crippen molar-refractivity contribution in [2.24, 2.45) is 5.92 Å². The standard InChI is InChI=1S/C21H24FNO/c1-14-20-11-16-5-8-18(24)12-19(16)21(14,2)9-10-23(20)13-15-3-6-17(22)7-4-15/h3-8,12,14,20,24H,9-11,13H2,1-2H3/t14-,20+,21+/m1/s1. The summed E-state index contributed by atoms with van der Waals surface area (Å²) in [5, 5.41) is 9.91. The molecule has 2 aromatic carbocycles. The Morgan fingerprint density at radius 1 is 1.21 bits per heavy atom. The molecule has 0 aromatic heterocycles. The van der Waals surface area contributed by atoms with Gasteiger partial charge in [0.15, 0.2) is 0 Å². The average molecular weight is 325 g/mol. The third-order valence-electron chi connectivity index (χ3n) is 6.41. The Kier molecular flexibility index (Phi) is 3.65. The van der Waals surface area contributed by atoms with Crippen molar-refractivity contribution in [2.45, 2.75) is 44.7 Å². The van der Waals surface area contributed by atoms with Gasteiger partial charge in [-0.15, -0.1) is 0 Å². The lowest BCUT2D eigenvalue weighted by atomic mass is 9.59. The quantitative estimate of drug-likeness (QED) is 0.892. The van der Waals surface area contributed by atoms with E-state index in [4.69, 9.17) is 0 Å². The van der Waals surface area contributed by atoms with Crippen LogP contribution >= 0.6 is 0 Å². The van der Waals surface area contributed by atoms with Crippen molar-refractivity contribution in [2.75, 3.05) is 6.54 Å². The van der Waals surface area contributed by atoms with Gasteiger partial charge in [-0.25, -0.2) is 4.39 Å². The summed E-state index contributed by atoms with van der Waals surface area (Å²) in [5.41, 5.74) is 3.98. The van der Waals surface area contributed by atoms with Gasteiger partial charge in [0.2, 0.25) is 0 Å². The second-order valence-corrected chi connectivity index (χ2v) is 7.67. The number of aromatic hydroxyl groups is 1. The van der Waals surface area contributed by atoms with Crippen molar-refractivity contribution < 1.29 is 9.50 Å². The fraction of sp³-hybridized carbons (Fsp3) is 0.429. The van der Waals surface area contributed by atoms with E-state index in [2.05, 4.69) is 24.8 Å². The van der Waals surface area contributed by atoms with Crippen LogP contribution in [0.1, 0.15) is 37.0 Å². The Bertz CT molecular complexity index is 757. The number of likely N-dealkylation sites (tertiary alicyclic amines) is 1. The van der Waals surface area contributed by atoms with Crippen molar-refractivity contribution in [3.63, 3.8) is 0 Å². The van der Waals surface area contributed by atoms with Gasteiger partial charge in [0, 0.05) is 12.6 Å². The van der Waals surface area contributed by atoms with Crippen LogP contribution in [0, 0.1) is 11.7 Å². The average Bonchev–Trinajstić information content (AvgIpc) is 2.56. The number of phenols is 1. The Morgan fingerprint density at radius 2 is 1.96 bits per heavy atom. The Balaban J connectivity index is 1.65. The van der Waals surface area contributed by atoms with E-state index in [-0.39, 0.29) is 11.2 Å². The molecule has 2 aliphatic rings. The summed E-state index contributed by atoms with van der Waals surface area (Å²) >= 11 is 0. The van der Waals surface area contributed by atoms with Crippen molar-refractivity contribution in [1.29, 1.82) is 0 Å². The van der Waals surface area contributed by atoms with Gasteiger partial charge in [-0.1, -0.05) is 32.0 Å². The Hall–Kier alpha value is -1.87. The number of phenolic OH excluding ortho intramolecular Hbond substituents is 1. The number of fused-ring (bicyclic) bond motifs is 4. The molecule has 1 N–H and O–H groups in total. The van der Waals surface area contributed by atoms with Crippen LogP contribution in [0.5, 0.6) is 5.75 Å². The van der Waals surface area contributed by atoms with E-state index < -0.39 is 0 Å². The summed E-state index contributed by atoms with van der Waals surface area (Å²) < 4.78 is 13.1. The first-order chi connectivity index (χ1) is 11.5. The van der Waals surface area contributed by atoms with Gasteiger partial charge < -0.3 is 5.11 Å². The highest BCUT2D eigenvalue weighted by molar-refractivity contribution is 5.44. The minimum atomic E-state index is -0.176. The third-order valence-corrected chi connectivity index (χ3v) is 6.41. The predicted octanol–water partition coefficient (Wildman–Crippen LogP) is 4.26. The smallest absolute Gasteiger partial charge is 0.123 e. The molecule has 1 heterocycles. The van der Waals surface area contributed by atoms with Crippen molar-refractivity contribution >= 4 is 0 Å². The minimum Gasteiger partial charge on any atom is -0.508 e. The Morgan fingerprint density at radius 3 is 2.71 bits per heavy atom. The zero-order valence-electron chi connectivity index (χ0n) is 14.3. The molecular formula is C21H24FNO. The highest BCUT2D eigenvalue weighted by Crippen LogP contribution is 2.49. The number of hydrogen-bond donors (Lipinski definition) is 1. The molecule has 2 nitrogen and oxygen atoms in total. The topological polar surface area (TPSA) is 23.5 Å². The molecular weight excluding hydrogens is 301 g/mol. The van der Waals surface area contributed by atoms with Gasteiger partial charge in [0.25, 0.3) is 0 Å². The minimum absolute atomic E-state index is 0.121. The van der Waals surface area contributed by atoms with Crippen LogP contribution in [0.2, 0.25) is 0 Å². The molecule has 1 aliphatic heterocycles. The number of piperidine rings is 1. The fourth-order valence-electron chi connectivity index (χ4n) is 4.72. The van der Waals surface area contributed by atoms with E-state index in [0.717, 1.165) is 25.9 Å². The summed E-state index contributed by atoms with van der Waals surface area (Å²) in [5.74, 6) is 0.722. The van der Waals surface area contributed by atoms with Crippen LogP contribution in [0.3, 0.4) is 0 Å². The molecule has 1 fully saturated rings. The number of nitrogens with zero attached hydrogens (tertiary/aromatic N) is 1. The summed E-state index contributed by atoms with van der Waals surface area (Å²) in [6.45, 7) is 6.60. The highest BCUT2D eigenvalue weighted by atomic mass is 19.1. The predicted molar refractivity (Wildman–Crippen MR) is 93.5 cm³/mol. The van der Waals surface area contributed by atoms with E-state index in [9.17, 15) is 9.50 Å². The van der Waals surface area contributed by atoms with Crippen molar-refractivity contribution in [3.05, 3.63) is 65.0 Å². The zero-order valence-corrected chi connectivity index (χ0v) is 14.3. The van der Waals surface area contributed by atoms with Crippen molar-refractivity contribution in [3.8, 4) is 5.75 Å². The number of benzene rings is 2. The molecule has 1 saturated heterocycles. The van der Waals surface area contributed by atoms with Crippen LogP contribution in [-0.2, 0) is 18.4 Å². The first kappa shape index (κ1) is 15.6. The zero-order chi connectivity index (χ0) is 16.9. The first-order valence-electron chi connectivity index (χ1n) is 8.78. The summed E-state index contributed by atoms with van der Waals surface area (Å²) in [7, 11) is 0. The second-order valence-electron chi connectivity index (χ2n) is 7.67. The lowest BCUT2D eigenvalue weighted by molar-refractivity contribution is 0.0258. The molecule has 1 aliphatic carbocycles. The molecule has 2 aromatic rings. The largest absolute Gasteiger partial charge is 0.508 e. The van der Waals surface area contributed by atoms with Crippen LogP contribution in [-0.4, -0.2) is 22.6 Å². The maximum atomic E-state index is 13.1. The lowest BCUT2D eigenvalue weighted by Gasteiger charge is -2.54. The third kappa shape index (κ3) is 2.42. The molecule has 4 rings (SSSR count). The molecule has 2 bridgehead atoms. The van der Waals surface area contributed by atoms with Gasteiger partial charge in [-0.2, -0.15) is 0 Å². The normalized spacial score (nSPS) is 29.3. The molecule has 0 spiro atoms. The molecule has 3 atom stereocenters. The van der Waals surface area contributed by atoms with Crippen LogP contribution in [0.15, 0.2) is 42.5 Å². The fourth-order valence-corrected chi connectivity index (χ4v) is 4.72. The van der Waals surface area contributed by atoms with E-state index in [0.29, 0.717) is 17.7 Å². The monoisotopic (exact) mass is 325 g/mol. The number of halogens is 1. The van der Waals surface area contributed by atoms with E-state index in [1.807, 2.05) is 18.2 Å². The highest BCUT2D eigenvalue weighted by Gasteiger charge is 2.48. The molecule has 126 valence electrons. The SMILES string of the molecule is C[C@@H]1[C@@H]2Cc3ccc(O)cc3[C@@]1(C)CCN2Cc1ccc(F)cc1. The van der Waals surface area contributed by atoms with E-state index in [1.165, 1.54) is 16.7 Å². The van der Waals surface area contributed by atoms with Gasteiger partial charge >= 0.3 is 0 Å². The molecule has 0 unspecified atom stereocenters. The van der Waals surface area contributed by atoms with Crippen molar-refractivity contribution in [1.82, 2.24) is 4.90 Å². The van der Waals surface area contributed by atoms with E-state index >= 15 is 0 Å². The second kappa shape index (κ2) is 5.59. The first-order valence-corrected chi connectivity index (χ1v) is 8.78. The molecule has 0 radical (unpaired) electrons. The summed E-state index contributed by atoms with van der Waals surface area (Å²) in [6, 6.07) is 13.2. The van der Waals surface area contributed by atoms with Gasteiger partial charge in [-0.3, -0.25) is 4.90 Å². The summed E-state index contributed by atoms with van der Waals surface area (Å²) in [6.07, 6.45) is 2.11. The number of rotatable bonds is 2. The van der Waals surface area contributed by atoms with Crippen LogP contribution in [0.25, 0.3) is 0 Å². The molecule has 0 saturated carbocycles. The van der Waals surface area contributed by atoms with Crippen LogP contribution < -0.4 is 0 Å². The van der Waals surface area contributed by atoms with Crippen LogP contribution in [0.4, 0.5) is 4.39 Å². The molecule has 0 amide bonds. The van der Waals surface area contributed by atoms with E-state index in [1.54, 1.807) is 18.2 Å². The maximum absolute atomic E-state index is 13.1.